The summed E-state index contributed by atoms with van der Waals surface area (Å²) in [6.07, 6.45) is -0.972. The second kappa shape index (κ2) is 8.69. The zero-order valence-corrected chi connectivity index (χ0v) is 18.1. The Morgan fingerprint density at radius 2 is 1.70 bits per heavy atom. The van der Waals surface area contributed by atoms with Crippen molar-refractivity contribution in [2.75, 3.05) is 6.61 Å². The highest BCUT2D eigenvalue weighted by atomic mass is 16.5. The van der Waals surface area contributed by atoms with E-state index in [1.54, 1.807) is 0 Å². The van der Waals surface area contributed by atoms with E-state index in [0.29, 0.717) is 24.6 Å². The highest BCUT2D eigenvalue weighted by molar-refractivity contribution is 5.79. The van der Waals surface area contributed by atoms with Crippen LogP contribution in [0.25, 0.3) is 11.0 Å². The van der Waals surface area contributed by atoms with E-state index in [9.17, 15) is 9.90 Å². The van der Waals surface area contributed by atoms with E-state index >= 15 is 0 Å². The summed E-state index contributed by atoms with van der Waals surface area (Å²) in [4.78, 5) is 13.2. The maximum absolute atomic E-state index is 11.8. The molecule has 0 radical (unpaired) electrons. The second-order valence-corrected chi connectivity index (χ2v) is 8.21. The largest absolute Gasteiger partial charge is 0.494 e. The Balaban J connectivity index is 1.74. The molecule has 2 aromatic carbocycles. The maximum Gasteiger partial charge on any atom is 0.408 e. The lowest BCUT2D eigenvalue weighted by molar-refractivity contribution is 0.0689. The summed E-state index contributed by atoms with van der Waals surface area (Å²) in [5.74, 6) is 2.19. The van der Waals surface area contributed by atoms with Crippen molar-refractivity contribution in [3.05, 3.63) is 59.9 Å². The van der Waals surface area contributed by atoms with Crippen molar-refractivity contribution in [2.45, 2.75) is 52.8 Å². The smallest absolute Gasteiger partial charge is 0.408 e. The first-order valence-corrected chi connectivity index (χ1v) is 10.1. The highest BCUT2D eigenvalue weighted by Gasteiger charge is 2.33. The van der Waals surface area contributed by atoms with Crippen LogP contribution in [0.1, 0.15) is 52.0 Å². The first kappa shape index (κ1) is 21.6. The number of ether oxygens (including phenoxy) is 2. The number of fused-ring (bicyclic) bond motifs is 1. The van der Waals surface area contributed by atoms with Gasteiger partial charge in [-0.3, -0.25) is 4.90 Å². The molecule has 0 saturated carbocycles. The van der Waals surface area contributed by atoms with Crippen molar-refractivity contribution in [3.63, 3.8) is 0 Å². The SMILES string of the molecule is CCOc1ccc(OCc2ccc3cc(C(C)N(C(=O)O)C(C)(C)C)oc3c2)cc1. The Labute approximate surface area is 177 Å². The second-order valence-electron chi connectivity index (χ2n) is 8.21. The number of nitrogens with zero attached hydrogens (tertiary/aromatic N) is 1. The van der Waals surface area contributed by atoms with Crippen LogP contribution in [0.4, 0.5) is 4.79 Å². The van der Waals surface area contributed by atoms with Crippen molar-refractivity contribution in [2.24, 2.45) is 0 Å². The van der Waals surface area contributed by atoms with Gasteiger partial charge in [0, 0.05) is 10.9 Å². The number of carbonyl (C=O) groups is 1. The third-order valence-corrected chi connectivity index (χ3v) is 4.87. The fourth-order valence-corrected chi connectivity index (χ4v) is 3.52. The van der Waals surface area contributed by atoms with Crippen molar-refractivity contribution in [1.29, 1.82) is 0 Å². The van der Waals surface area contributed by atoms with Crippen LogP contribution in [0.2, 0.25) is 0 Å². The Kier molecular flexibility index (Phi) is 6.25. The number of benzene rings is 2. The van der Waals surface area contributed by atoms with E-state index in [2.05, 4.69) is 0 Å². The molecule has 160 valence electrons. The summed E-state index contributed by atoms with van der Waals surface area (Å²) in [5, 5.41) is 10.6. The van der Waals surface area contributed by atoms with Crippen LogP contribution in [0.15, 0.2) is 52.9 Å². The molecular formula is C24H29NO5. The van der Waals surface area contributed by atoms with Gasteiger partial charge in [0.05, 0.1) is 12.6 Å². The van der Waals surface area contributed by atoms with Crippen LogP contribution in [0.3, 0.4) is 0 Å². The van der Waals surface area contributed by atoms with E-state index in [-0.39, 0.29) is 0 Å². The van der Waals surface area contributed by atoms with Crippen LogP contribution >= 0.6 is 0 Å². The molecule has 30 heavy (non-hydrogen) atoms. The average molecular weight is 411 g/mol. The lowest BCUT2D eigenvalue weighted by Gasteiger charge is -2.37. The lowest BCUT2D eigenvalue weighted by Crippen LogP contribution is -2.46. The predicted molar refractivity (Wildman–Crippen MR) is 116 cm³/mol. The number of hydrogen-bond donors (Lipinski definition) is 1. The van der Waals surface area contributed by atoms with Crippen LogP contribution in [-0.2, 0) is 6.61 Å². The van der Waals surface area contributed by atoms with Gasteiger partial charge in [0.1, 0.15) is 29.4 Å². The van der Waals surface area contributed by atoms with Crippen molar-refractivity contribution in [1.82, 2.24) is 4.90 Å². The van der Waals surface area contributed by atoms with Crippen molar-refractivity contribution >= 4 is 17.1 Å². The predicted octanol–water partition coefficient (Wildman–Crippen LogP) is 6.25. The molecule has 0 aliphatic heterocycles. The van der Waals surface area contributed by atoms with Crippen LogP contribution in [0, 0.1) is 0 Å². The molecular weight excluding hydrogens is 382 g/mol. The molecule has 1 amide bonds. The molecule has 1 unspecified atom stereocenters. The molecule has 6 nitrogen and oxygen atoms in total. The van der Waals surface area contributed by atoms with Gasteiger partial charge >= 0.3 is 6.09 Å². The van der Waals surface area contributed by atoms with Crippen molar-refractivity contribution < 1.29 is 23.8 Å². The third-order valence-electron chi connectivity index (χ3n) is 4.87. The lowest BCUT2D eigenvalue weighted by atomic mass is 10.0. The van der Waals surface area contributed by atoms with Crippen molar-refractivity contribution in [3.8, 4) is 11.5 Å². The summed E-state index contributed by atoms with van der Waals surface area (Å²) in [7, 11) is 0. The molecule has 3 rings (SSSR count). The zero-order valence-electron chi connectivity index (χ0n) is 18.1. The molecule has 0 bridgehead atoms. The first-order chi connectivity index (χ1) is 14.2. The van der Waals surface area contributed by atoms with Gasteiger partial charge in [-0.25, -0.2) is 4.79 Å². The van der Waals surface area contributed by atoms with Gasteiger partial charge in [-0.1, -0.05) is 12.1 Å². The Hall–Kier alpha value is -3.15. The molecule has 0 spiro atoms. The molecule has 6 heteroatoms. The van der Waals surface area contributed by atoms with Crippen LogP contribution in [-0.4, -0.2) is 28.2 Å². The minimum absolute atomic E-state index is 0.402. The van der Waals surface area contributed by atoms with E-state index in [1.807, 2.05) is 83.1 Å². The number of carboxylic acid groups (broad SMARTS) is 1. The fourth-order valence-electron chi connectivity index (χ4n) is 3.52. The third kappa shape index (κ3) is 4.87. The van der Waals surface area contributed by atoms with Gasteiger partial charge in [0.25, 0.3) is 0 Å². The van der Waals surface area contributed by atoms with E-state index in [0.717, 1.165) is 22.4 Å². The summed E-state index contributed by atoms with van der Waals surface area (Å²) < 4.78 is 17.3. The van der Waals surface area contributed by atoms with E-state index in [1.165, 1.54) is 4.90 Å². The van der Waals surface area contributed by atoms with Gasteiger partial charge in [0.15, 0.2) is 0 Å². The van der Waals surface area contributed by atoms with Gasteiger partial charge < -0.3 is 19.0 Å². The molecule has 3 aromatic rings. The maximum atomic E-state index is 11.8. The molecule has 1 heterocycles. The van der Waals surface area contributed by atoms with Gasteiger partial charge in [-0.15, -0.1) is 0 Å². The summed E-state index contributed by atoms with van der Waals surface area (Å²) in [6.45, 7) is 10.4. The van der Waals surface area contributed by atoms with Crippen LogP contribution < -0.4 is 9.47 Å². The van der Waals surface area contributed by atoms with Crippen LogP contribution in [0.5, 0.6) is 11.5 Å². The summed E-state index contributed by atoms with van der Waals surface area (Å²) in [6, 6.07) is 14.9. The number of amides is 1. The minimum Gasteiger partial charge on any atom is -0.494 e. The number of hydrogen-bond acceptors (Lipinski definition) is 4. The monoisotopic (exact) mass is 411 g/mol. The molecule has 0 saturated heterocycles. The number of furan rings is 1. The summed E-state index contributed by atoms with van der Waals surface area (Å²) in [5.41, 5.74) is 1.14. The fraction of sp³-hybridized carbons (Fsp3) is 0.375. The molecule has 0 fully saturated rings. The van der Waals surface area contributed by atoms with Gasteiger partial charge in [0.2, 0.25) is 0 Å². The molecule has 1 atom stereocenters. The highest BCUT2D eigenvalue weighted by Crippen LogP contribution is 2.32. The zero-order chi connectivity index (χ0) is 21.9. The molecule has 1 aromatic heterocycles. The average Bonchev–Trinajstić information content (AvgIpc) is 3.10. The van der Waals surface area contributed by atoms with Gasteiger partial charge in [-0.2, -0.15) is 0 Å². The van der Waals surface area contributed by atoms with Gasteiger partial charge in [-0.05, 0) is 76.6 Å². The minimum atomic E-state index is -0.972. The van der Waals surface area contributed by atoms with E-state index < -0.39 is 17.7 Å². The Morgan fingerprint density at radius 1 is 1.07 bits per heavy atom. The molecule has 0 aliphatic carbocycles. The standard InChI is InChI=1S/C24H29NO5/c1-6-28-19-9-11-20(12-10-19)29-15-17-7-8-18-14-21(30-22(18)13-17)16(2)25(23(26)27)24(3,4)5/h7-14,16H,6,15H2,1-5H3,(H,26,27). The van der Waals surface area contributed by atoms with E-state index in [4.69, 9.17) is 13.9 Å². The Bertz CT molecular complexity index is 1000. The molecule has 1 N–H and O–H groups in total. The quantitative estimate of drug-likeness (QED) is 0.497. The summed E-state index contributed by atoms with van der Waals surface area (Å²) >= 11 is 0. The first-order valence-electron chi connectivity index (χ1n) is 10.1. The number of rotatable bonds is 7. The topological polar surface area (TPSA) is 72.1 Å². The normalized spacial score (nSPS) is 12.6. The molecule has 0 aliphatic rings. The Morgan fingerprint density at radius 3 is 2.27 bits per heavy atom.